The SMILES string of the molecule is CC(=O)C[C@@H](c1cnc2ccccc2c1)N1CCn2cc(CCCc3ccc4c(n3)NCCC4)cc2C1=O. The van der Waals surface area contributed by atoms with Gasteiger partial charge in [-0.1, -0.05) is 24.3 Å². The van der Waals surface area contributed by atoms with Crippen LogP contribution in [0.4, 0.5) is 5.82 Å². The number of para-hydroxylation sites is 1. The number of Topliss-reactive ketones (excluding diaryl/α,β-unsaturated/α-hetero) is 1. The zero-order chi connectivity index (χ0) is 26.1. The topological polar surface area (TPSA) is 80.1 Å². The van der Waals surface area contributed by atoms with Gasteiger partial charge in [0.25, 0.3) is 5.91 Å². The number of amides is 1. The summed E-state index contributed by atoms with van der Waals surface area (Å²) in [5.74, 6) is 1.08. The fourth-order valence-electron chi connectivity index (χ4n) is 5.77. The van der Waals surface area contributed by atoms with E-state index in [1.165, 1.54) is 11.1 Å². The van der Waals surface area contributed by atoms with E-state index in [0.717, 1.165) is 66.6 Å². The van der Waals surface area contributed by atoms with Crippen LogP contribution in [0.1, 0.15) is 65.1 Å². The first-order valence-electron chi connectivity index (χ1n) is 13.6. The Balaban J connectivity index is 1.17. The number of hydrogen-bond donors (Lipinski definition) is 1. The van der Waals surface area contributed by atoms with Crippen molar-refractivity contribution < 1.29 is 9.59 Å². The van der Waals surface area contributed by atoms with Crippen molar-refractivity contribution in [3.8, 4) is 0 Å². The van der Waals surface area contributed by atoms with Gasteiger partial charge in [-0.15, -0.1) is 0 Å². The van der Waals surface area contributed by atoms with Crippen molar-refractivity contribution in [1.29, 1.82) is 0 Å². The molecule has 0 spiro atoms. The maximum Gasteiger partial charge on any atom is 0.271 e. The number of benzene rings is 1. The first-order chi connectivity index (χ1) is 18.5. The number of rotatable bonds is 8. The van der Waals surface area contributed by atoms with Gasteiger partial charge in [0.05, 0.1) is 11.6 Å². The average Bonchev–Trinajstić information content (AvgIpc) is 3.36. The Kier molecular flexibility index (Phi) is 6.66. The molecule has 0 fully saturated rings. The molecule has 7 nitrogen and oxygen atoms in total. The first-order valence-corrected chi connectivity index (χ1v) is 13.6. The summed E-state index contributed by atoms with van der Waals surface area (Å²) < 4.78 is 2.07. The highest BCUT2D eigenvalue weighted by molar-refractivity contribution is 5.94. The minimum atomic E-state index is -0.326. The Hall–Kier alpha value is -4.00. The summed E-state index contributed by atoms with van der Waals surface area (Å²) >= 11 is 0. The van der Waals surface area contributed by atoms with Crippen LogP contribution >= 0.6 is 0 Å². The van der Waals surface area contributed by atoms with Gasteiger partial charge < -0.3 is 14.8 Å². The van der Waals surface area contributed by atoms with Crippen LogP contribution < -0.4 is 5.32 Å². The number of carbonyl (C=O) groups is 2. The van der Waals surface area contributed by atoms with Crippen LogP contribution in [0.2, 0.25) is 0 Å². The molecule has 0 radical (unpaired) electrons. The maximum atomic E-state index is 13.7. The van der Waals surface area contributed by atoms with Crippen LogP contribution in [0.15, 0.2) is 60.9 Å². The quantitative estimate of drug-likeness (QED) is 0.357. The van der Waals surface area contributed by atoms with E-state index < -0.39 is 0 Å². The third-order valence-corrected chi connectivity index (χ3v) is 7.72. The fourth-order valence-corrected chi connectivity index (χ4v) is 5.77. The number of pyridine rings is 2. The predicted octanol–water partition coefficient (Wildman–Crippen LogP) is 5.14. The molecule has 1 amide bonds. The van der Waals surface area contributed by atoms with Gasteiger partial charge in [-0.2, -0.15) is 0 Å². The van der Waals surface area contributed by atoms with Crippen molar-refractivity contribution >= 4 is 28.4 Å². The van der Waals surface area contributed by atoms with Crippen LogP contribution in [-0.2, 0) is 30.6 Å². The van der Waals surface area contributed by atoms with E-state index in [1.54, 1.807) is 6.92 Å². The van der Waals surface area contributed by atoms with Crippen molar-refractivity contribution in [2.75, 3.05) is 18.4 Å². The van der Waals surface area contributed by atoms with Crippen molar-refractivity contribution in [2.24, 2.45) is 0 Å². The molecule has 0 unspecified atom stereocenters. The normalized spacial score (nSPS) is 15.6. The van der Waals surface area contributed by atoms with Gasteiger partial charge in [-0.25, -0.2) is 4.98 Å². The minimum Gasteiger partial charge on any atom is -0.370 e. The number of hydrogen-bond acceptors (Lipinski definition) is 5. The van der Waals surface area contributed by atoms with E-state index in [2.05, 4.69) is 39.3 Å². The molecule has 7 heteroatoms. The number of carbonyl (C=O) groups excluding carboxylic acids is 2. The summed E-state index contributed by atoms with van der Waals surface area (Å²) in [5, 5.41) is 4.42. The molecule has 5 heterocycles. The van der Waals surface area contributed by atoms with Gasteiger partial charge in [0.2, 0.25) is 0 Å². The Morgan fingerprint density at radius 2 is 2.00 bits per heavy atom. The van der Waals surface area contributed by atoms with E-state index >= 15 is 0 Å². The lowest BCUT2D eigenvalue weighted by Crippen LogP contribution is -2.42. The van der Waals surface area contributed by atoms with E-state index in [1.807, 2.05) is 41.4 Å². The molecule has 0 saturated heterocycles. The van der Waals surface area contributed by atoms with Gasteiger partial charge in [-0.05, 0) is 80.0 Å². The molecule has 3 aromatic heterocycles. The molecule has 0 aliphatic carbocycles. The molecule has 1 aromatic carbocycles. The summed E-state index contributed by atoms with van der Waals surface area (Å²) in [6.07, 6.45) is 9.25. The third-order valence-electron chi connectivity index (χ3n) is 7.72. The highest BCUT2D eigenvalue weighted by Gasteiger charge is 2.32. The number of ketones is 1. The second kappa shape index (κ2) is 10.4. The van der Waals surface area contributed by atoms with E-state index in [0.29, 0.717) is 18.8 Å². The summed E-state index contributed by atoms with van der Waals surface area (Å²) in [6.45, 7) is 3.87. The van der Waals surface area contributed by atoms with Crippen molar-refractivity contribution in [1.82, 2.24) is 19.4 Å². The minimum absolute atomic E-state index is 0.0238. The summed E-state index contributed by atoms with van der Waals surface area (Å²) in [5.41, 5.74) is 6.10. The van der Waals surface area contributed by atoms with Crippen LogP contribution in [0.3, 0.4) is 0 Å². The second-order valence-corrected chi connectivity index (χ2v) is 10.5. The molecule has 2 aliphatic rings. The standard InChI is InChI=1S/C31H33N5O2/c1-21(37)16-28(25-18-24-7-2-3-10-27(24)33-19-25)36-15-14-35-20-22(17-29(35)31(36)38)6-4-9-26-12-11-23-8-5-13-32-30(23)34-26/h2-3,7,10-12,17-20,28H,4-6,8-9,13-16H2,1H3,(H,32,34)/t28-/m0/s1. The number of aromatic nitrogens is 3. The van der Waals surface area contributed by atoms with Crippen molar-refractivity contribution in [3.05, 3.63) is 89.0 Å². The number of nitrogens with one attached hydrogen (secondary N) is 1. The Morgan fingerprint density at radius 1 is 1.11 bits per heavy atom. The monoisotopic (exact) mass is 507 g/mol. The lowest BCUT2D eigenvalue weighted by molar-refractivity contribution is -0.118. The molecule has 6 rings (SSSR count). The van der Waals surface area contributed by atoms with Gasteiger partial charge >= 0.3 is 0 Å². The van der Waals surface area contributed by atoms with Crippen molar-refractivity contribution in [3.63, 3.8) is 0 Å². The molecule has 0 saturated carbocycles. The zero-order valence-corrected chi connectivity index (χ0v) is 21.8. The van der Waals surface area contributed by atoms with Gasteiger partial charge in [-0.3, -0.25) is 14.6 Å². The molecular weight excluding hydrogens is 474 g/mol. The van der Waals surface area contributed by atoms with Crippen LogP contribution in [-0.4, -0.2) is 44.2 Å². The number of nitrogens with zero attached hydrogens (tertiary/aromatic N) is 4. The predicted molar refractivity (Wildman–Crippen MR) is 148 cm³/mol. The number of anilines is 1. The Labute approximate surface area is 222 Å². The molecule has 4 aromatic rings. The number of aryl methyl sites for hydroxylation is 3. The summed E-state index contributed by atoms with van der Waals surface area (Å²) in [7, 11) is 0. The highest BCUT2D eigenvalue weighted by atomic mass is 16.2. The largest absolute Gasteiger partial charge is 0.370 e. The van der Waals surface area contributed by atoms with Gasteiger partial charge in [0.15, 0.2) is 0 Å². The van der Waals surface area contributed by atoms with Gasteiger partial charge in [0, 0.05) is 49.5 Å². The molecule has 2 aliphatic heterocycles. The Morgan fingerprint density at radius 3 is 2.89 bits per heavy atom. The first kappa shape index (κ1) is 24.3. The lowest BCUT2D eigenvalue weighted by Gasteiger charge is -2.35. The van der Waals surface area contributed by atoms with E-state index in [9.17, 15) is 9.59 Å². The molecule has 0 bridgehead atoms. The van der Waals surface area contributed by atoms with Gasteiger partial charge in [0.1, 0.15) is 17.3 Å². The molecule has 38 heavy (non-hydrogen) atoms. The second-order valence-electron chi connectivity index (χ2n) is 10.5. The maximum absolute atomic E-state index is 13.7. The highest BCUT2D eigenvalue weighted by Crippen LogP contribution is 2.31. The molecule has 1 N–H and O–H groups in total. The Bertz CT molecular complexity index is 1510. The summed E-state index contributed by atoms with van der Waals surface area (Å²) in [4.78, 5) is 37.2. The lowest BCUT2D eigenvalue weighted by atomic mass is 9.99. The molecule has 194 valence electrons. The van der Waals surface area contributed by atoms with Crippen LogP contribution in [0.25, 0.3) is 10.9 Å². The zero-order valence-electron chi connectivity index (χ0n) is 21.8. The van der Waals surface area contributed by atoms with E-state index in [-0.39, 0.29) is 24.2 Å². The average molecular weight is 508 g/mol. The van der Waals surface area contributed by atoms with Crippen LogP contribution in [0, 0.1) is 0 Å². The molecule has 1 atom stereocenters. The smallest absolute Gasteiger partial charge is 0.271 e. The summed E-state index contributed by atoms with van der Waals surface area (Å²) in [6, 6.07) is 16.0. The van der Waals surface area contributed by atoms with Crippen molar-refractivity contribution in [2.45, 2.75) is 58.0 Å². The molecular formula is C31H33N5O2. The third kappa shape index (κ3) is 4.93. The van der Waals surface area contributed by atoms with E-state index in [4.69, 9.17) is 4.98 Å². The fraction of sp³-hybridized carbons (Fsp3) is 0.355. The number of fused-ring (bicyclic) bond motifs is 3. The van der Waals surface area contributed by atoms with Crippen LogP contribution in [0.5, 0.6) is 0 Å².